The molecule has 0 spiro atoms. The number of ketones is 1. The molecule has 0 amide bonds. The van der Waals surface area contributed by atoms with Gasteiger partial charge >= 0.3 is 0 Å². The summed E-state index contributed by atoms with van der Waals surface area (Å²) in [6, 6.07) is 7.88. The molecule has 0 radical (unpaired) electrons. The van der Waals surface area contributed by atoms with E-state index in [1.165, 1.54) is 18.4 Å². The van der Waals surface area contributed by atoms with Crippen molar-refractivity contribution < 1.29 is 9.53 Å². The molecule has 1 aromatic carbocycles. The third kappa shape index (κ3) is 2.95. The van der Waals surface area contributed by atoms with Gasteiger partial charge in [0.25, 0.3) is 0 Å². The summed E-state index contributed by atoms with van der Waals surface area (Å²) in [4.78, 5) is 12.2. The fourth-order valence-corrected chi connectivity index (χ4v) is 2.31. The number of carbonyl (C=O) groups excluding carboxylic acids is 1. The van der Waals surface area contributed by atoms with Crippen LogP contribution in [-0.2, 0) is 11.2 Å². The molecule has 0 saturated heterocycles. The van der Waals surface area contributed by atoms with Crippen LogP contribution in [0.4, 0.5) is 0 Å². The lowest BCUT2D eigenvalue weighted by Gasteiger charge is -2.23. The number of carbonyl (C=O) groups is 1. The van der Waals surface area contributed by atoms with Crippen LogP contribution in [0.3, 0.4) is 0 Å². The van der Waals surface area contributed by atoms with Gasteiger partial charge in [0.05, 0.1) is 0 Å². The van der Waals surface area contributed by atoms with Crippen molar-refractivity contribution in [3.63, 3.8) is 0 Å². The molecule has 2 nitrogen and oxygen atoms in total. The molecule has 0 fully saturated rings. The first-order valence-corrected chi connectivity index (χ1v) is 6.56. The van der Waals surface area contributed by atoms with E-state index in [0.29, 0.717) is 6.61 Å². The third-order valence-electron chi connectivity index (χ3n) is 3.32. The standard InChI is InChI=1S/C15H20O2/c1-2-3-6-11-17-14-10-9-12-7-4-5-8-13(12)15(14)16/h4-5,7-8,14H,2-3,6,9-11H2,1H3. The number of rotatable bonds is 5. The Labute approximate surface area is 103 Å². The minimum atomic E-state index is -0.207. The molecule has 0 heterocycles. The molecule has 17 heavy (non-hydrogen) atoms. The average molecular weight is 232 g/mol. The molecule has 2 heteroatoms. The van der Waals surface area contributed by atoms with Crippen LogP contribution in [0, 0.1) is 0 Å². The highest BCUT2D eigenvalue weighted by molar-refractivity contribution is 6.01. The fourth-order valence-electron chi connectivity index (χ4n) is 2.31. The number of fused-ring (bicyclic) bond motifs is 1. The predicted molar refractivity (Wildman–Crippen MR) is 68.4 cm³/mol. The maximum absolute atomic E-state index is 12.2. The maximum Gasteiger partial charge on any atom is 0.191 e. The van der Waals surface area contributed by atoms with E-state index in [1.807, 2.05) is 24.3 Å². The largest absolute Gasteiger partial charge is 0.370 e. The number of ether oxygens (including phenoxy) is 1. The van der Waals surface area contributed by atoms with Crippen LogP contribution in [0.1, 0.15) is 48.5 Å². The van der Waals surface area contributed by atoms with E-state index in [9.17, 15) is 4.79 Å². The van der Waals surface area contributed by atoms with Crippen LogP contribution in [0.15, 0.2) is 24.3 Å². The Morgan fingerprint density at radius 2 is 2.12 bits per heavy atom. The lowest BCUT2D eigenvalue weighted by atomic mass is 9.89. The van der Waals surface area contributed by atoms with Gasteiger partial charge in [0.2, 0.25) is 0 Å². The topological polar surface area (TPSA) is 26.3 Å². The van der Waals surface area contributed by atoms with Gasteiger partial charge in [-0.05, 0) is 24.8 Å². The van der Waals surface area contributed by atoms with Gasteiger partial charge in [-0.15, -0.1) is 0 Å². The minimum Gasteiger partial charge on any atom is -0.370 e. The van der Waals surface area contributed by atoms with E-state index in [2.05, 4.69) is 6.92 Å². The van der Waals surface area contributed by atoms with E-state index in [4.69, 9.17) is 4.74 Å². The molecule has 0 aliphatic heterocycles. The minimum absolute atomic E-state index is 0.170. The average Bonchev–Trinajstić information content (AvgIpc) is 2.37. The van der Waals surface area contributed by atoms with Crippen LogP contribution in [0.5, 0.6) is 0 Å². The monoisotopic (exact) mass is 232 g/mol. The number of unbranched alkanes of at least 4 members (excludes halogenated alkanes) is 2. The summed E-state index contributed by atoms with van der Waals surface area (Å²) in [5.74, 6) is 0.170. The van der Waals surface area contributed by atoms with E-state index in [1.54, 1.807) is 0 Å². The Balaban J connectivity index is 1.93. The van der Waals surface area contributed by atoms with Gasteiger partial charge in [-0.25, -0.2) is 0 Å². The summed E-state index contributed by atoms with van der Waals surface area (Å²) < 4.78 is 5.70. The molecule has 1 aliphatic rings. The Hall–Kier alpha value is -1.15. The molecule has 2 rings (SSSR count). The van der Waals surface area contributed by atoms with Crippen LogP contribution in [0.2, 0.25) is 0 Å². The molecule has 92 valence electrons. The van der Waals surface area contributed by atoms with Gasteiger partial charge in [-0.1, -0.05) is 44.0 Å². The molecule has 1 unspecified atom stereocenters. The van der Waals surface area contributed by atoms with E-state index < -0.39 is 0 Å². The summed E-state index contributed by atoms with van der Waals surface area (Å²) in [5.41, 5.74) is 2.03. The van der Waals surface area contributed by atoms with Gasteiger partial charge < -0.3 is 4.74 Å². The number of Topliss-reactive ketones (excluding diaryl/α,β-unsaturated/α-hetero) is 1. The highest BCUT2D eigenvalue weighted by atomic mass is 16.5. The van der Waals surface area contributed by atoms with E-state index >= 15 is 0 Å². The molecular weight excluding hydrogens is 212 g/mol. The van der Waals surface area contributed by atoms with Crippen molar-refractivity contribution in [2.45, 2.75) is 45.1 Å². The van der Waals surface area contributed by atoms with Crippen LogP contribution in [0.25, 0.3) is 0 Å². The van der Waals surface area contributed by atoms with Gasteiger partial charge in [-0.3, -0.25) is 4.79 Å². The second-order valence-corrected chi connectivity index (χ2v) is 4.63. The van der Waals surface area contributed by atoms with E-state index in [-0.39, 0.29) is 11.9 Å². The summed E-state index contributed by atoms with van der Waals surface area (Å²) in [5, 5.41) is 0. The molecule has 1 aromatic rings. The second-order valence-electron chi connectivity index (χ2n) is 4.63. The summed E-state index contributed by atoms with van der Waals surface area (Å²) in [7, 11) is 0. The third-order valence-corrected chi connectivity index (χ3v) is 3.32. The summed E-state index contributed by atoms with van der Waals surface area (Å²) in [6.07, 6.45) is 5.01. The van der Waals surface area contributed by atoms with Crippen molar-refractivity contribution in [1.29, 1.82) is 0 Å². The number of aryl methyl sites for hydroxylation is 1. The SMILES string of the molecule is CCCCCOC1CCc2ccccc2C1=O. The molecule has 0 bridgehead atoms. The fraction of sp³-hybridized carbons (Fsp3) is 0.533. The Morgan fingerprint density at radius 1 is 1.29 bits per heavy atom. The van der Waals surface area contributed by atoms with Gasteiger partial charge in [-0.2, -0.15) is 0 Å². The quantitative estimate of drug-likeness (QED) is 0.727. The smallest absolute Gasteiger partial charge is 0.191 e. The first kappa shape index (κ1) is 12.3. The van der Waals surface area contributed by atoms with Crippen molar-refractivity contribution >= 4 is 5.78 Å². The number of benzene rings is 1. The molecule has 0 aromatic heterocycles. The molecule has 1 aliphatic carbocycles. The lowest BCUT2D eigenvalue weighted by Crippen LogP contribution is -2.30. The second kappa shape index (κ2) is 5.97. The Kier molecular flexibility index (Phi) is 4.32. The van der Waals surface area contributed by atoms with Gasteiger partial charge in [0.15, 0.2) is 5.78 Å². The van der Waals surface area contributed by atoms with E-state index in [0.717, 1.165) is 24.8 Å². The zero-order chi connectivity index (χ0) is 12.1. The van der Waals surface area contributed by atoms with Crippen molar-refractivity contribution in [2.75, 3.05) is 6.61 Å². The highest BCUT2D eigenvalue weighted by Gasteiger charge is 2.27. The zero-order valence-corrected chi connectivity index (χ0v) is 10.4. The molecule has 1 atom stereocenters. The molecular formula is C15H20O2. The Bertz CT molecular complexity index is 384. The first-order chi connectivity index (χ1) is 8.33. The lowest BCUT2D eigenvalue weighted by molar-refractivity contribution is 0.0344. The Morgan fingerprint density at radius 3 is 2.94 bits per heavy atom. The van der Waals surface area contributed by atoms with Crippen LogP contribution >= 0.6 is 0 Å². The maximum atomic E-state index is 12.2. The highest BCUT2D eigenvalue weighted by Crippen LogP contribution is 2.23. The first-order valence-electron chi connectivity index (χ1n) is 6.56. The van der Waals surface area contributed by atoms with Crippen LogP contribution in [-0.4, -0.2) is 18.5 Å². The summed E-state index contributed by atoms with van der Waals surface area (Å²) in [6.45, 7) is 2.88. The number of hydrogen-bond donors (Lipinski definition) is 0. The molecule has 0 saturated carbocycles. The summed E-state index contributed by atoms with van der Waals surface area (Å²) >= 11 is 0. The zero-order valence-electron chi connectivity index (χ0n) is 10.4. The normalized spacial score (nSPS) is 19.1. The molecule has 0 N–H and O–H groups in total. The van der Waals surface area contributed by atoms with Gasteiger partial charge in [0, 0.05) is 12.2 Å². The van der Waals surface area contributed by atoms with Crippen molar-refractivity contribution in [3.8, 4) is 0 Å². The van der Waals surface area contributed by atoms with Crippen LogP contribution < -0.4 is 0 Å². The van der Waals surface area contributed by atoms with Crippen molar-refractivity contribution in [2.24, 2.45) is 0 Å². The van der Waals surface area contributed by atoms with Crippen molar-refractivity contribution in [3.05, 3.63) is 35.4 Å². The van der Waals surface area contributed by atoms with Crippen molar-refractivity contribution in [1.82, 2.24) is 0 Å². The number of hydrogen-bond acceptors (Lipinski definition) is 2. The van der Waals surface area contributed by atoms with Gasteiger partial charge in [0.1, 0.15) is 6.10 Å². The predicted octanol–water partition coefficient (Wildman–Crippen LogP) is 3.39.